The van der Waals surface area contributed by atoms with Gasteiger partial charge in [0, 0.05) is 25.2 Å². The van der Waals surface area contributed by atoms with E-state index in [1.807, 2.05) is 12.4 Å². The number of aliphatic hydroxyl groups excluding tert-OH is 1. The Morgan fingerprint density at radius 3 is 2.42 bits per heavy atom. The van der Waals surface area contributed by atoms with E-state index in [-0.39, 0.29) is 23.6 Å². The normalized spacial score (nSPS) is 9.17. The fourth-order valence-corrected chi connectivity index (χ4v) is 0.934. The SMILES string of the molecule is Cc1cc[n+](CCCO)cc1.[Br-]. The highest BCUT2D eigenvalue weighted by Crippen LogP contribution is 1.89. The summed E-state index contributed by atoms with van der Waals surface area (Å²) in [5.41, 5.74) is 1.27. The molecule has 0 aliphatic heterocycles. The molecule has 1 heterocycles. The summed E-state index contributed by atoms with van der Waals surface area (Å²) in [4.78, 5) is 0. The summed E-state index contributed by atoms with van der Waals surface area (Å²) in [5.74, 6) is 0. The molecule has 0 fully saturated rings. The summed E-state index contributed by atoms with van der Waals surface area (Å²) in [6.07, 6.45) is 4.89. The van der Waals surface area contributed by atoms with E-state index >= 15 is 0 Å². The summed E-state index contributed by atoms with van der Waals surface area (Å²) in [6.45, 7) is 3.23. The van der Waals surface area contributed by atoms with Crippen LogP contribution < -0.4 is 21.5 Å². The molecule has 3 heteroatoms. The largest absolute Gasteiger partial charge is 1.00 e. The lowest BCUT2D eigenvalue weighted by Gasteiger charge is -1.94. The summed E-state index contributed by atoms with van der Waals surface area (Å²) >= 11 is 0. The Kier molecular flexibility index (Phi) is 5.93. The fraction of sp³-hybridized carbons (Fsp3) is 0.444. The first-order valence-electron chi connectivity index (χ1n) is 3.89. The zero-order chi connectivity index (χ0) is 8.10. The standard InChI is InChI=1S/C9H14NO.BrH/c1-9-3-6-10(7-4-9)5-2-8-11;/h3-4,6-7,11H,2,5,8H2,1H3;1H/q+1;/p-1. The van der Waals surface area contributed by atoms with Crippen molar-refractivity contribution >= 4 is 0 Å². The zero-order valence-electron chi connectivity index (χ0n) is 7.20. The van der Waals surface area contributed by atoms with Crippen molar-refractivity contribution in [2.24, 2.45) is 0 Å². The quantitative estimate of drug-likeness (QED) is 0.581. The Morgan fingerprint density at radius 2 is 1.92 bits per heavy atom. The number of pyridine rings is 1. The molecule has 0 spiro atoms. The minimum atomic E-state index is 0. The minimum Gasteiger partial charge on any atom is -1.00 e. The van der Waals surface area contributed by atoms with Gasteiger partial charge >= 0.3 is 0 Å². The van der Waals surface area contributed by atoms with Gasteiger partial charge < -0.3 is 22.1 Å². The van der Waals surface area contributed by atoms with Crippen LogP contribution in [-0.4, -0.2) is 11.7 Å². The van der Waals surface area contributed by atoms with Gasteiger partial charge in [0.15, 0.2) is 18.9 Å². The lowest BCUT2D eigenvalue weighted by atomic mass is 10.3. The van der Waals surface area contributed by atoms with Crippen molar-refractivity contribution in [3.63, 3.8) is 0 Å². The van der Waals surface area contributed by atoms with Crippen LogP contribution in [0.25, 0.3) is 0 Å². The van der Waals surface area contributed by atoms with Gasteiger partial charge in [0.1, 0.15) is 0 Å². The molecule has 0 amide bonds. The second-order valence-electron chi connectivity index (χ2n) is 2.69. The molecule has 0 atom stereocenters. The third kappa shape index (κ3) is 3.83. The Bertz CT molecular complexity index is 210. The maximum absolute atomic E-state index is 8.57. The topological polar surface area (TPSA) is 24.1 Å². The number of rotatable bonds is 3. The number of hydrogen-bond acceptors (Lipinski definition) is 1. The van der Waals surface area contributed by atoms with E-state index in [1.54, 1.807) is 0 Å². The van der Waals surface area contributed by atoms with Gasteiger partial charge in [0.2, 0.25) is 0 Å². The van der Waals surface area contributed by atoms with Gasteiger partial charge in [-0.1, -0.05) is 0 Å². The first-order valence-corrected chi connectivity index (χ1v) is 3.89. The summed E-state index contributed by atoms with van der Waals surface area (Å²) < 4.78 is 2.07. The van der Waals surface area contributed by atoms with Gasteiger partial charge in [-0.25, -0.2) is 4.57 Å². The highest BCUT2D eigenvalue weighted by atomic mass is 79.9. The number of aryl methyl sites for hydroxylation is 2. The van der Waals surface area contributed by atoms with Crippen molar-refractivity contribution < 1.29 is 26.7 Å². The molecule has 12 heavy (non-hydrogen) atoms. The van der Waals surface area contributed by atoms with Crippen LogP contribution in [0, 0.1) is 6.92 Å². The number of aliphatic hydroxyl groups is 1. The monoisotopic (exact) mass is 231 g/mol. The summed E-state index contributed by atoms with van der Waals surface area (Å²) in [5, 5.41) is 8.57. The van der Waals surface area contributed by atoms with Crippen LogP contribution in [0.2, 0.25) is 0 Å². The van der Waals surface area contributed by atoms with Crippen LogP contribution in [0.5, 0.6) is 0 Å². The van der Waals surface area contributed by atoms with Crippen molar-refractivity contribution in [3.05, 3.63) is 30.1 Å². The summed E-state index contributed by atoms with van der Waals surface area (Å²) in [6, 6.07) is 4.13. The molecule has 1 N–H and O–H groups in total. The molecule has 0 bridgehead atoms. The smallest absolute Gasteiger partial charge is 0.169 e. The lowest BCUT2D eigenvalue weighted by molar-refractivity contribution is -0.697. The third-order valence-electron chi connectivity index (χ3n) is 1.63. The van der Waals surface area contributed by atoms with Crippen LogP contribution in [0.15, 0.2) is 24.5 Å². The third-order valence-corrected chi connectivity index (χ3v) is 1.63. The van der Waals surface area contributed by atoms with Crippen LogP contribution >= 0.6 is 0 Å². The number of hydrogen-bond donors (Lipinski definition) is 1. The predicted octanol–water partition coefficient (Wildman–Crippen LogP) is -2.33. The van der Waals surface area contributed by atoms with Crippen molar-refractivity contribution in [1.82, 2.24) is 0 Å². The second-order valence-corrected chi connectivity index (χ2v) is 2.69. The molecule has 1 aromatic rings. The molecule has 0 radical (unpaired) electrons. The molecular weight excluding hydrogens is 218 g/mol. The Hall–Kier alpha value is -0.410. The van der Waals surface area contributed by atoms with Crippen LogP contribution in [0.1, 0.15) is 12.0 Å². The van der Waals surface area contributed by atoms with Crippen molar-refractivity contribution in [1.29, 1.82) is 0 Å². The van der Waals surface area contributed by atoms with Crippen molar-refractivity contribution in [3.8, 4) is 0 Å². The van der Waals surface area contributed by atoms with Crippen molar-refractivity contribution in [2.45, 2.75) is 19.9 Å². The van der Waals surface area contributed by atoms with Crippen LogP contribution in [0.4, 0.5) is 0 Å². The predicted molar refractivity (Wildman–Crippen MR) is 43.1 cm³/mol. The zero-order valence-corrected chi connectivity index (χ0v) is 8.79. The molecule has 68 valence electrons. The van der Waals surface area contributed by atoms with Crippen molar-refractivity contribution in [2.75, 3.05) is 6.61 Å². The van der Waals surface area contributed by atoms with E-state index < -0.39 is 0 Å². The molecule has 0 aromatic carbocycles. The van der Waals surface area contributed by atoms with Gasteiger partial charge in [0.25, 0.3) is 0 Å². The van der Waals surface area contributed by atoms with Gasteiger partial charge in [-0.3, -0.25) is 0 Å². The second kappa shape index (κ2) is 6.14. The molecule has 1 rings (SSSR count). The average Bonchev–Trinajstić information content (AvgIpc) is 2.04. The molecule has 2 nitrogen and oxygen atoms in total. The lowest BCUT2D eigenvalue weighted by Crippen LogP contribution is -3.00. The first-order chi connectivity index (χ1) is 5.33. The molecule has 1 aromatic heterocycles. The van der Waals surface area contributed by atoms with E-state index in [0.717, 1.165) is 13.0 Å². The molecule has 0 saturated heterocycles. The highest BCUT2D eigenvalue weighted by molar-refractivity contribution is 5.03. The van der Waals surface area contributed by atoms with E-state index in [2.05, 4.69) is 23.6 Å². The average molecular weight is 232 g/mol. The molecular formula is C9H14BrNO. The maximum Gasteiger partial charge on any atom is 0.169 e. The van der Waals surface area contributed by atoms with Crippen LogP contribution in [0.3, 0.4) is 0 Å². The molecule has 0 saturated carbocycles. The Balaban J connectivity index is 0.00000121. The molecule has 0 aliphatic carbocycles. The fourth-order valence-electron chi connectivity index (χ4n) is 0.934. The van der Waals surface area contributed by atoms with Gasteiger partial charge in [-0.2, -0.15) is 0 Å². The molecule has 0 aliphatic rings. The first kappa shape index (κ1) is 11.6. The van der Waals surface area contributed by atoms with Gasteiger partial charge in [0.05, 0.1) is 0 Å². The highest BCUT2D eigenvalue weighted by Gasteiger charge is 1.96. The summed E-state index contributed by atoms with van der Waals surface area (Å²) in [7, 11) is 0. The van der Waals surface area contributed by atoms with Gasteiger partial charge in [-0.15, -0.1) is 0 Å². The van der Waals surface area contributed by atoms with Gasteiger partial charge in [-0.05, 0) is 12.5 Å². The Labute approximate surface area is 83.6 Å². The van der Waals surface area contributed by atoms with E-state index in [1.165, 1.54) is 5.56 Å². The Morgan fingerprint density at radius 1 is 1.33 bits per heavy atom. The van der Waals surface area contributed by atoms with E-state index in [0.29, 0.717) is 0 Å². The number of halogens is 1. The maximum atomic E-state index is 8.57. The van der Waals surface area contributed by atoms with E-state index in [9.17, 15) is 0 Å². The van der Waals surface area contributed by atoms with E-state index in [4.69, 9.17) is 5.11 Å². The van der Waals surface area contributed by atoms with Crippen LogP contribution in [-0.2, 0) is 6.54 Å². The molecule has 0 unspecified atom stereocenters. The number of aromatic nitrogens is 1. The minimum absolute atomic E-state index is 0. The number of nitrogens with zero attached hydrogens (tertiary/aromatic N) is 1.